The molecule has 3 N–H and O–H groups in total. The number of nitrogens with zero attached hydrogens (tertiary/aromatic N) is 1. The third kappa shape index (κ3) is 2.92. The van der Waals surface area contributed by atoms with E-state index in [2.05, 4.69) is 10.4 Å². The molecule has 1 atom stereocenters. The molecule has 0 saturated carbocycles. The van der Waals surface area contributed by atoms with E-state index in [-0.39, 0.29) is 29.5 Å². The lowest BCUT2D eigenvalue weighted by atomic mass is 9.92. The van der Waals surface area contributed by atoms with Crippen molar-refractivity contribution in [3.8, 4) is 11.3 Å². The van der Waals surface area contributed by atoms with Crippen molar-refractivity contribution in [1.29, 1.82) is 0 Å². The zero-order valence-electron chi connectivity index (χ0n) is 15.4. The predicted molar refractivity (Wildman–Crippen MR) is 102 cm³/mol. The quantitative estimate of drug-likeness (QED) is 0.641. The Morgan fingerprint density at radius 3 is 2.54 bits per heavy atom. The van der Waals surface area contributed by atoms with E-state index < -0.39 is 11.9 Å². The van der Waals surface area contributed by atoms with Crippen molar-refractivity contribution in [2.45, 2.75) is 32.2 Å². The first-order chi connectivity index (χ1) is 13.3. The Morgan fingerprint density at radius 1 is 1.18 bits per heavy atom. The molecule has 8 heteroatoms. The molecule has 1 unspecified atom stereocenters. The number of carbonyl (C=O) groups excluding carboxylic acids is 1. The molecule has 0 bridgehead atoms. The highest BCUT2D eigenvalue weighted by Crippen LogP contribution is 2.38. The van der Waals surface area contributed by atoms with Gasteiger partial charge in [-0.3, -0.25) is 19.4 Å². The molecule has 0 fully saturated rings. The summed E-state index contributed by atoms with van der Waals surface area (Å²) < 4.78 is 7.60. The van der Waals surface area contributed by atoms with Gasteiger partial charge in [-0.25, -0.2) is 4.79 Å². The summed E-state index contributed by atoms with van der Waals surface area (Å²) in [6.45, 7) is 3.83. The van der Waals surface area contributed by atoms with E-state index in [1.54, 1.807) is 28.9 Å². The van der Waals surface area contributed by atoms with Gasteiger partial charge in [-0.05, 0) is 38.1 Å². The number of aromatic amines is 1. The minimum atomic E-state index is -0.999. The van der Waals surface area contributed by atoms with Crippen molar-refractivity contribution in [2.75, 3.05) is 5.32 Å². The standard InChI is InChI=1S/C20H19N3O5/c1-10(2)23-18-17(19(25)22-23)13(9-16(24)21-18)15-8-7-14(28-15)11-3-5-12(6-4-11)20(26)27/h3-8,10,13H,9H2,1-2H3,(H,21,24)(H,22,25)(H,26,27). The first-order valence-corrected chi connectivity index (χ1v) is 8.93. The van der Waals surface area contributed by atoms with Crippen LogP contribution in [0.5, 0.6) is 0 Å². The number of hydrogen-bond donors (Lipinski definition) is 3. The number of carboxylic acids is 1. The third-order valence-corrected chi connectivity index (χ3v) is 4.86. The van der Waals surface area contributed by atoms with Crippen LogP contribution >= 0.6 is 0 Å². The summed E-state index contributed by atoms with van der Waals surface area (Å²) in [5.41, 5.74) is 1.13. The maximum Gasteiger partial charge on any atom is 0.335 e. The summed E-state index contributed by atoms with van der Waals surface area (Å²) in [5, 5.41) is 14.6. The van der Waals surface area contributed by atoms with Crippen LogP contribution in [0.15, 0.2) is 45.6 Å². The van der Waals surface area contributed by atoms with Gasteiger partial charge in [0, 0.05) is 18.0 Å². The number of H-pyrrole nitrogens is 1. The fourth-order valence-corrected chi connectivity index (χ4v) is 3.49. The number of amides is 1. The molecule has 3 heterocycles. The van der Waals surface area contributed by atoms with Crippen LogP contribution in [-0.2, 0) is 4.79 Å². The van der Waals surface area contributed by atoms with E-state index in [0.717, 1.165) is 0 Å². The number of aromatic carboxylic acids is 1. The van der Waals surface area contributed by atoms with E-state index in [0.29, 0.717) is 28.5 Å². The molecule has 144 valence electrons. The van der Waals surface area contributed by atoms with Crippen LogP contribution in [-0.4, -0.2) is 26.8 Å². The molecule has 2 aromatic heterocycles. The van der Waals surface area contributed by atoms with Gasteiger partial charge in [0.05, 0.1) is 17.0 Å². The summed E-state index contributed by atoms with van der Waals surface area (Å²) in [7, 11) is 0. The van der Waals surface area contributed by atoms with Crippen molar-refractivity contribution in [1.82, 2.24) is 9.78 Å². The topological polar surface area (TPSA) is 117 Å². The average molecular weight is 381 g/mol. The van der Waals surface area contributed by atoms with Crippen molar-refractivity contribution in [2.24, 2.45) is 0 Å². The Kier molecular flexibility index (Phi) is 4.18. The lowest BCUT2D eigenvalue weighted by Crippen LogP contribution is -2.27. The van der Waals surface area contributed by atoms with E-state index >= 15 is 0 Å². The highest BCUT2D eigenvalue weighted by atomic mass is 16.4. The molecule has 1 aliphatic rings. The number of furan rings is 1. The van der Waals surface area contributed by atoms with E-state index in [9.17, 15) is 14.4 Å². The van der Waals surface area contributed by atoms with Gasteiger partial charge in [0.2, 0.25) is 5.91 Å². The summed E-state index contributed by atoms with van der Waals surface area (Å²) in [6, 6.07) is 9.81. The molecule has 0 spiro atoms. The van der Waals surface area contributed by atoms with Crippen LogP contribution in [0.4, 0.5) is 5.82 Å². The van der Waals surface area contributed by atoms with Gasteiger partial charge in [0.15, 0.2) is 0 Å². The Labute approximate surface area is 159 Å². The van der Waals surface area contributed by atoms with Gasteiger partial charge in [-0.1, -0.05) is 12.1 Å². The van der Waals surface area contributed by atoms with Crippen LogP contribution in [0, 0.1) is 0 Å². The molecule has 3 aromatic rings. The number of nitrogens with one attached hydrogen (secondary N) is 2. The lowest BCUT2D eigenvalue weighted by Gasteiger charge is -2.22. The van der Waals surface area contributed by atoms with Crippen LogP contribution in [0.2, 0.25) is 0 Å². The zero-order chi connectivity index (χ0) is 20.0. The Morgan fingerprint density at radius 2 is 1.89 bits per heavy atom. The molecule has 0 saturated heterocycles. The summed E-state index contributed by atoms with van der Waals surface area (Å²) in [4.78, 5) is 35.8. The number of carboxylic acid groups (broad SMARTS) is 1. The maximum atomic E-state index is 12.5. The minimum absolute atomic E-state index is 0.0181. The van der Waals surface area contributed by atoms with Crippen molar-refractivity contribution in [3.63, 3.8) is 0 Å². The second kappa shape index (κ2) is 6.56. The molecular formula is C20H19N3O5. The summed E-state index contributed by atoms with van der Waals surface area (Å²) in [6.07, 6.45) is 0.114. The van der Waals surface area contributed by atoms with Gasteiger partial charge in [-0.15, -0.1) is 0 Å². The number of rotatable bonds is 4. The van der Waals surface area contributed by atoms with Crippen LogP contribution in [0.1, 0.15) is 53.9 Å². The van der Waals surface area contributed by atoms with Crippen molar-refractivity contribution in [3.05, 3.63) is 63.6 Å². The maximum absolute atomic E-state index is 12.5. The Balaban J connectivity index is 1.73. The molecule has 4 rings (SSSR count). The molecule has 1 aliphatic heterocycles. The first-order valence-electron chi connectivity index (χ1n) is 8.93. The normalized spacial score (nSPS) is 16.1. The van der Waals surface area contributed by atoms with Crippen molar-refractivity contribution < 1.29 is 19.1 Å². The van der Waals surface area contributed by atoms with Gasteiger partial charge in [0.1, 0.15) is 17.3 Å². The van der Waals surface area contributed by atoms with Crippen molar-refractivity contribution >= 4 is 17.7 Å². The number of aromatic nitrogens is 2. The zero-order valence-corrected chi connectivity index (χ0v) is 15.4. The second-order valence-corrected chi connectivity index (χ2v) is 7.06. The highest BCUT2D eigenvalue weighted by molar-refractivity contribution is 5.94. The molecular weight excluding hydrogens is 362 g/mol. The van der Waals surface area contributed by atoms with E-state index in [1.165, 1.54) is 12.1 Å². The smallest absolute Gasteiger partial charge is 0.335 e. The van der Waals surface area contributed by atoms with E-state index in [4.69, 9.17) is 9.52 Å². The largest absolute Gasteiger partial charge is 0.478 e. The highest BCUT2D eigenvalue weighted by Gasteiger charge is 2.34. The minimum Gasteiger partial charge on any atom is -0.478 e. The van der Waals surface area contributed by atoms with Crippen LogP contribution in [0.25, 0.3) is 11.3 Å². The van der Waals surface area contributed by atoms with Crippen LogP contribution < -0.4 is 10.9 Å². The summed E-state index contributed by atoms with van der Waals surface area (Å²) in [5.74, 6) is -0.139. The van der Waals surface area contributed by atoms with E-state index in [1.807, 2.05) is 13.8 Å². The number of benzene rings is 1. The summed E-state index contributed by atoms with van der Waals surface area (Å²) >= 11 is 0. The Hall–Kier alpha value is -3.55. The lowest BCUT2D eigenvalue weighted by molar-refractivity contribution is -0.116. The second-order valence-electron chi connectivity index (χ2n) is 7.06. The molecule has 0 aliphatic carbocycles. The third-order valence-electron chi connectivity index (χ3n) is 4.86. The van der Waals surface area contributed by atoms with Gasteiger partial charge in [-0.2, -0.15) is 0 Å². The van der Waals surface area contributed by atoms with Crippen LogP contribution in [0.3, 0.4) is 0 Å². The Bertz CT molecular complexity index is 1120. The molecule has 8 nitrogen and oxygen atoms in total. The fraction of sp³-hybridized carbons (Fsp3) is 0.250. The molecule has 1 amide bonds. The fourth-order valence-electron chi connectivity index (χ4n) is 3.49. The predicted octanol–water partition coefficient (Wildman–Crippen LogP) is 3.19. The SMILES string of the molecule is CC(C)n1[nH]c(=O)c2c1NC(=O)CC2c1ccc(-c2ccc(C(=O)O)cc2)o1. The number of carbonyl (C=O) groups is 2. The number of anilines is 1. The van der Waals surface area contributed by atoms with Gasteiger partial charge >= 0.3 is 5.97 Å². The number of fused-ring (bicyclic) bond motifs is 1. The molecule has 28 heavy (non-hydrogen) atoms. The average Bonchev–Trinajstić information content (AvgIpc) is 3.26. The molecule has 0 radical (unpaired) electrons. The van der Waals surface area contributed by atoms with Gasteiger partial charge < -0.3 is 14.8 Å². The monoisotopic (exact) mass is 381 g/mol. The first kappa shape index (κ1) is 17.8. The van der Waals surface area contributed by atoms with Gasteiger partial charge in [0.25, 0.3) is 5.56 Å². The molecule has 1 aromatic carbocycles. The number of hydrogen-bond acceptors (Lipinski definition) is 4.